The van der Waals surface area contributed by atoms with Gasteiger partial charge in [0.2, 0.25) is 0 Å². The summed E-state index contributed by atoms with van der Waals surface area (Å²) in [5.41, 5.74) is -2.37. The predicted octanol–water partition coefficient (Wildman–Crippen LogP) is 5.90. The number of urea groups is 1. The molecule has 0 radical (unpaired) electrons. The zero-order valence-corrected chi connectivity index (χ0v) is 16.5. The maximum Gasteiger partial charge on any atom is 0.418 e. The van der Waals surface area contributed by atoms with Crippen LogP contribution >= 0.6 is 0 Å². The number of hydrogen-bond donors (Lipinski definition) is 2. The molecule has 0 fully saturated rings. The third-order valence-corrected chi connectivity index (χ3v) is 4.51. The third kappa shape index (κ3) is 5.79. The molecule has 3 rings (SSSR count). The molecule has 2 amide bonds. The molecule has 0 saturated heterocycles. The molecule has 0 aliphatic rings. The molecule has 2 N–H and O–H groups in total. The number of carbonyl (C=O) groups is 1. The van der Waals surface area contributed by atoms with Crippen molar-refractivity contribution in [1.29, 1.82) is 5.26 Å². The third-order valence-electron chi connectivity index (χ3n) is 4.51. The molecular formula is C22H14F6N4O. The van der Waals surface area contributed by atoms with Crippen molar-refractivity contribution in [2.24, 2.45) is 0 Å². The van der Waals surface area contributed by atoms with E-state index >= 15 is 0 Å². The van der Waals surface area contributed by atoms with Gasteiger partial charge in [-0.25, -0.2) is 4.79 Å². The Morgan fingerprint density at radius 1 is 0.939 bits per heavy atom. The van der Waals surface area contributed by atoms with Gasteiger partial charge in [-0.05, 0) is 48.0 Å². The number of amides is 2. The number of alkyl halides is 6. The van der Waals surface area contributed by atoms with E-state index in [2.05, 4.69) is 15.6 Å². The Hall–Kier alpha value is -4.07. The van der Waals surface area contributed by atoms with Crippen molar-refractivity contribution in [1.82, 2.24) is 10.3 Å². The number of pyridine rings is 1. The fourth-order valence-electron chi connectivity index (χ4n) is 3.03. The summed E-state index contributed by atoms with van der Waals surface area (Å²) in [5.74, 6) is 0. The van der Waals surface area contributed by atoms with E-state index in [1.165, 1.54) is 24.3 Å². The molecular weight excluding hydrogens is 450 g/mol. The number of hydrogen-bond acceptors (Lipinski definition) is 3. The van der Waals surface area contributed by atoms with Crippen LogP contribution in [0, 0.1) is 11.3 Å². The van der Waals surface area contributed by atoms with E-state index in [9.17, 15) is 31.1 Å². The van der Waals surface area contributed by atoms with E-state index in [0.29, 0.717) is 12.1 Å². The van der Waals surface area contributed by atoms with E-state index in [1.807, 2.05) is 6.07 Å². The van der Waals surface area contributed by atoms with E-state index in [0.717, 1.165) is 30.5 Å². The fraction of sp³-hybridized carbons (Fsp3) is 0.136. The highest BCUT2D eigenvalue weighted by Gasteiger charge is 2.37. The molecule has 0 unspecified atom stereocenters. The van der Waals surface area contributed by atoms with Gasteiger partial charge in [0.05, 0.1) is 34.5 Å². The first kappa shape index (κ1) is 23.6. The van der Waals surface area contributed by atoms with Gasteiger partial charge in [0.15, 0.2) is 0 Å². The Labute approximate surface area is 183 Å². The number of anilines is 1. The van der Waals surface area contributed by atoms with Crippen molar-refractivity contribution in [3.05, 3.63) is 94.8 Å². The lowest BCUT2D eigenvalue weighted by Crippen LogP contribution is -2.35. The summed E-state index contributed by atoms with van der Waals surface area (Å²) in [5, 5.41) is 13.7. The number of nitrogens with one attached hydrogen (secondary N) is 2. The Kier molecular flexibility index (Phi) is 6.57. The van der Waals surface area contributed by atoms with Gasteiger partial charge in [-0.15, -0.1) is 0 Å². The smallest absolute Gasteiger partial charge is 0.325 e. The molecule has 5 nitrogen and oxygen atoms in total. The Balaban J connectivity index is 1.99. The summed E-state index contributed by atoms with van der Waals surface area (Å²) in [6.45, 7) is 0. The van der Waals surface area contributed by atoms with Crippen LogP contribution in [0.2, 0.25) is 0 Å². The summed E-state index contributed by atoms with van der Waals surface area (Å²) in [4.78, 5) is 16.3. The average Bonchev–Trinajstić information content (AvgIpc) is 2.76. The zero-order valence-electron chi connectivity index (χ0n) is 16.5. The first-order valence-corrected chi connectivity index (χ1v) is 9.26. The van der Waals surface area contributed by atoms with Gasteiger partial charge in [0.25, 0.3) is 0 Å². The summed E-state index contributed by atoms with van der Waals surface area (Å²) < 4.78 is 79.4. The molecule has 3 aromatic rings. The highest BCUT2D eigenvalue weighted by atomic mass is 19.4. The maximum absolute atomic E-state index is 13.6. The van der Waals surface area contributed by atoms with E-state index in [-0.39, 0.29) is 16.8 Å². The Morgan fingerprint density at radius 3 is 2.24 bits per heavy atom. The zero-order chi connectivity index (χ0) is 24.2. The van der Waals surface area contributed by atoms with Crippen LogP contribution in [-0.4, -0.2) is 11.0 Å². The summed E-state index contributed by atoms with van der Waals surface area (Å²) in [6, 6.07) is 10.3. The minimum Gasteiger partial charge on any atom is -0.325 e. The van der Waals surface area contributed by atoms with Crippen LogP contribution in [0.15, 0.2) is 66.9 Å². The van der Waals surface area contributed by atoms with Gasteiger partial charge in [0, 0.05) is 11.9 Å². The van der Waals surface area contributed by atoms with Crippen molar-refractivity contribution in [2.75, 3.05) is 5.32 Å². The quantitative estimate of drug-likeness (QED) is 0.472. The van der Waals surface area contributed by atoms with Gasteiger partial charge in [-0.2, -0.15) is 31.6 Å². The molecule has 0 aliphatic carbocycles. The topological polar surface area (TPSA) is 77.8 Å². The van der Waals surface area contributed by atoms with Crippen molar-refractivity contribution in [3.63, 3.8) is 0 Å². The molecule has 0 aliphatic heterocycles. The molecule has 1 aromatic heterocycles. The number of benzene rings is 2. The SMILES string of the molecule is N#Cc1cccc(NC(=O)N[C@@H](c2ccc(C(F)(F)F)cc2)c2ncccc2C(F)(F)F)c1. The average molecular weight is 464 g/mol. The van der Waals surface area contributed by atoms with Crippen molar-refractivity contribution in [2.45, 2.75) is 18.4 Å². The molecule has 170 valence electrons. The van der Waals surface area contributed by atoms with Crippen LogP contribution in [0.4, 0.5) is 36.8 Å². The van der Waals surface area contributed by atoms with Crippen LogP contribution < -0.4 is 10.6 Å². The highest BCUT2D eigenvalue weighted by Crippen LogP contribution is 2.36. The minimum atomic E-state index is -4.83. The van der Waals surface area contributed by atoms with Crippen LogP contribution in [0.5, 0.6) is 0 Å². The molecule has 0 bridgehead atoms. The van der Waals surface area contributed by atoms with Crippen LogP contribution in [0.1, 0.15) is 34.0 Å². The molecule has 0 saturated carbocycles. The first-order chi connectivity index (χ1) is 15.5. The molecule has 33 heavy (non-hydrogen) atoms. The van der Waals surface area contributed by atoms with Gasteiger partial charge >= 0.3 is 18.4 Å². The van der Waals surface area contributed by atoms with E-state index in [1.54, 1.807) is 0 Å². The Morgan fingerprint density at radius 2 is 1.64 bits per heavy atom. The van der Waals surface area contributed by atoms with Gasteiger partial charge < -0.3 is 10.6 Å². The van der Waals surface area contributed by atoms with Crippen LogP contribution in [0.3, 0.4) is 0 Å². The molecule has 1 atom stereocenters. The van der Waals surface area contributed by atoms with Crippen molar-refractivity contribution >= 4 is 11.7 Å². The predicted molar refractivity (Wildman–Crippen MR) is 106 cm³/mol. The number of halogens is 6. The highest BCUT2D eigenvalue weighted by molar-refractivity contribution is 5.90. The van der Waals surface area contributed by atoms with Gasteiger partial charge in [0.1, 0.15) is 0 Å². The fourth-order valence-corrected chi connectivity index (χ4v) is 3.03. The van der Waals surface area contributed by atoms with Crippen molar-refractivity contribution in [3.8, 4) is 6.07 Å². The first-order valence-electron chi connectivity index (χ1n) is 9.26. The minimum absolute atomic E-state index is 0.0480. The second-order valence-electron chi connectivity index (χ2n) is 6.78. The normalized spacial score (nSPS) is 12.5. The second kappa shape index (κ2) is 9.20. The van der Waals surface area contributed by atoms with E-state index < -0.39 is 41.2 Å². The van der Waals surface area contributed by atoms with E-state index in [4.69, 9.17) is 5.26 Å². The standard InChI is InChI=1S/C22H14F6N4O/c23-21(24,25)15-8-6-14(7-9-15)18(19-17(22(26,27)28)5-2-10-30-19)32-20(33)31-16-4-1-3-13(11-16)12-29/h1-11,18H,(H2,31,32,33)/t18-/m0/s1. The summed E-state index contributed by atoms with van der Waals surface area (Å²) >= 11 is 0. The maximum atomic E-state index is 13.6. The lowest BCUT2D eigenvalue weighted by atomic mass is 9.98. The largest absolute Gasteiger partial charge is 0.418 e. The number of carbonyl (C=O) groups excluding carboxylic acids is 1. The molecule has 1 heterocycles. The van der Waals surface area contributed by atoms with Crippen LogP contribution in [-0.2, 0) is 12.4 Å². The van der Waals surface area contributed by atoms with Gasteiger partial charge in [-0.1, -0.05) is 18.2 Å². The molecule has 2 aromatic carbocycles. The Bertz CT molecular complexity index is 1180. The lowest BCUT2D eigenvalue weighted by Gasteiger charge is -2.23. The summed E-state index contributed by atoms with van der Waals surface area (Å²) in [7, 11) is 0. The van der Waals surface area contributed by atoms with Crippen LogP contribution in [0.25, 0.3) is 0 Å². The lowest BCUT2D eigenvalue weighted by molar-refractivity contribution is -0.139. The number of rotatable bonds is 4. The summed E-state index contributed by atoms with van der Waals surface area (Å²) in [6.07, 6.45) is -8.39. The monoisotopic (exact) mass is 464 g/mol. The van der Waals surface area contributed by atoms with Crippen molar-refractivity contribution < 1.29 is 31.1 Å². The van der Waals surface area contributed by atoms with Gasteiger partial charge in [-0.3, -0.25) is 4.98 Å². The molecule has 11 heteroatoms. The number of nitriles is 1. The number of aromatic nitrogens is 1. The second-order valence-corrected chi connectivity index (χ2v) is 6.78. The molecule has 0 spiro atoms. The number of nitrogens with zero attached hydrogens (tertiary/aromatic N) is 2.